The van der Waals surface area contributed by atoms with E-state index >= 15 is 0 Å². The van der Waals surface area contributed by atoms with E-state index in [9.17, 15) is 0 Å². The van der Waals surface area contributed by atoms with Crippen molar-refractivity contribution < 1.29 is 4.42 Å². The van der Waals surface area contributed by atoms with Gasteiger partial charge in [-0.05, 0) is 33.2 Å². The first-order chi connectivity index (χ1) is 14.0. The summed E-state index contributed by atoms with van der Waals surface area (Å²) >= 11 is 0. The molecule has 8 heteroatoms. The standard InChI is InChI=1S/C21H25N7O/c1-14-12-18(26-25-14)22-17-13-19(28(4)10-9-27(2)3)24-21(23-17)16-7-5-6-15-8-11-29-20(15)16/h5-8,11-13H,9-10H2,1-4H3,(H2,22,23,24,25,26). The second-order valence-corrected chi connectivity index (χ2v) is 7.37. The van der Waals surface area contributed by atoms with E-state index in [4.69, 9.17) is 14.4 Å². The molecule has 0 radical (unpaired) electrons. The van der Waals surface area contributed by atoms with E-state index in [0.29, 0.717) is 17.5 Å². The van der Waals surface area contributed by atoms with Crippen LogP contribution in [-0.2, 0) is 0 Å². The van der Waals surface area contributed by atoms with Crippen LogP contribution in [0.5, 0.6) is 0 Å². The van der Waals surface area contributed by atoms with Gasteiger partial charge in [-0.25, -0.2) is 9.97 Å². The van der Waals surface area contributed by atoms with Crippen LogP contribution >= 0.6 is 0 Å². The summed E-state index contributed by atoms with van der Waals surface area (Å²) < 4.78 is 5.71. The molecule has 4 aromatic rings. The molecule has 0 unspecified atom stereocenters. The molecule has 0 amide bonds. The number of nitrogens with zero attached hydrogens (tertiary/aromatic N) is 5. The molecule has 0 aliphatic carbocycles. The Morgan fingerprint density at radius 1 is 1.03 bits per heavy atom. The van der Waals surface area contributed by atoms with Crippen molar-refractivity contribution in [3.63, 3.8) is 0 Å². The first-order valence-corrected chi connectivity index (χ1v) is 9.50. The van der Waals surface area contributed by atoms with Gasteiger partial charge in [-0.1, -0.05) is 12.1 Å². The van der Waals surface area contributed by atoms with Crippen LogP contribution in [0.25, 0.3) is 22.4 Å². The highest BCUT2D eigenvalue weighted by molar-refractivity contribution is 5.90. The summed E-state index contributed by atoms with van der Waals surface area (Å²) in [5.41, 5.74) is 2.62. The van der Waals surface area contributed by atoms with Gasteiger partial charge in [0, 0.05) is 43.4 Å². The second-order valence-electron chi connectivity index (χ2n) is 7.37. The van der Waals surface area contributed by atoms with E-state index in [1.54, 1.807) is 6.26 Å². The number of rotatable bonds is 7. The number of likely N-dealkylation sites (N-methyl/N-ethyl adjacent to an activating group) is 2. The van der Waals surface area contributed by atoms with E-state index in [-0.39, 0.29) is 0 Å². The van der Waals surface area contributed by atoms with Crippen LogP contribution in [0.15, 0.2) is 47.1 Å². The third-order valence-corrected chi connectivity index (χ3v) is 4.67. The fourth-order valence-electron chi connectivity index (χ4n) is 3.06. The molecule has 3 heterocycles. The monoisotopic (exact) mass is 391 g/mol. The van der Waals surface area contributed by atoms with Gasteiger partial charge in [-0.3, -0.25) is 5.10 Å². The van der Waals surface area contributed by atoms with Gasteiger partial charge in [0.1, 0.15) is 17.2 Å². The van der Waals surface area contributed by atoms with Crippen molar-refractivity contribution in [2.75, 3.05) is 44.4 Å². The van der Waals surface area contributed by atoms with Crippen molar-refractivity contribution in [1.82, 2.24) is 25.1 Å². The number of furan rings is 1. The molecule has 0 saturated carbocycles. The van der Waals surface area contributed by atoms with Crippen molar-refractivity contribution in [3.05, 3.63) is 48.4 Å². The molecule has 1 aromatic carbocycles. The Balaban J connectivity index is 1.76. The van der Waals surface area contributed by atoms with Crippen LogP contribution in [0.1, 0.15) is 5.69 Å². The molecule has 0 bridgehead atoms. The molecule has 0 atom stereocenters. The highest BCUT2D eigenvalue weighted by Gasteiger charge is 2.15. The van der Waals surface area contributed by atoms with Crippen LogP contribution in [0, 0.1) is 6.92 Å². The van der Waals surface area contributed by atoms with Gasteiger partial charge in [-0.2, -0.15) is 5.10 Å². The summed E-state index contributed by atoms with van der Waals surface area (Å²) in [4.78, 5) is 13.8. The predicted octanol–water partition coefficient (Wildman–Crippen LogP) is 3.66. The molecular formula is C21H25N7O. The number of benzene rings is 1. The summed E-state index contributed by atoms with van der Waals surface area (Å²) in [6.45, 7) is 3.72. The number of hydrogen-bond acceptors (Lipinski definition) is 7. The van der Waals surface area contributed by atoms with Gasteiger partial charge in [0.2, 0.25) is 0 Å². The lowest BCUT2D eigenvalue weighted by atomic mass is 10.1. The molecule has 29 heavy (non-hydrogen) atoms. The van der Waals surface area contributed by atoms with Crippen molar-refractivity contribution >= 4 is 28.4 Å². The molecule has 150 valence electrons. The fraction of sp³-hybridized carbons (Fsp3) is 0.286. The zero-order valence-electron chi connectivity index (χ0n) is 17.1. The number of hydrogen-bond donors (Lipinski definition) is 2. The number of nitrogens with one attached hydrogen (secondary N) is 2. The summed E-state index contributed by atoms with van der Waals surface area (Å²) in [7, 11) is 6.15. The number of fused-ring (bicyclic) bond motifs is 1. The van der Waals surface area contributed by atoms with Gasteiger partial charge >= 0.3 is 0 Å². The maximum atomic E-state index is 5.71. The molecule has 0 aliphatic heterocycles. The van der Waals surface area contributed by atoms with Crippen LogP contribution < -0.4 is 10.2 Å². The number of aryl methyl sites for hydroxylation is 1. The molecule has 2 N–H and O–H groups in total. The SMILES string of the molecule is Cc1cc(Nc2cc(N(C)CCN(C)C)nc(-c3cccc4ccoc34)n2)n[nH]1. The molecule has 0 fully saturated rings. The molecule has 8 nitrogen and oxygen atoms in total. The number of H-pyrrole nitrogens is 1. The van der Waals surface area contributed by atoms with Gasteiger partial charge < -0.3 is 19.5 Å². The Morgan fingerprint density at radius 2 is 1.90 bits per heavy atom. The lowest BCUT2D eigenvalue weighted by Crippen LogP contribution is -2.29. The summed E-state index contributed by atoms with van der Waals surface area (Å²) in [6, 6.07) is 11.8. The summed E-state index contributed by atoms with van der Waals surface area (Å²) in [6.07, 6.45) is 1.69. The van der Waals surface area contributed by atoms with Crippen LogP contribution in [0.4, 0.5) is 17.5 Å². The van der Waals surface area contributed by atoms with Gasteiger partial charge in [0.25, 0.3) is 0 Å². The second kappa shape index (κ2) is 7.92. The van der Waals surface area contributed by atoms with Gasteiger partial charge in [-0.15, -0.1) is 0 Å². The quantitative estimate of drug-likeness (QED) is 0.497. The topological polar surface area (TPSA) is 86.1 Å². The largest absolute Gasteiger partial charge is 0.464 e. The van der Waals surface area contributed by atoms with Gasteiger partial charge in [0.05, 0.1) is 11.8 Å². The number of aromatic amines is 1. The minimum absolute atomic E-state index is 0.606. The molecule has 0 aliphatic rings. The van der Waals surface area contributed by atoms with E-state index in [1.165, 1.54) is 0 Å². The maximum Gasteiger partial charge on any atom is 0.167 e. The number of para-hydroxylation sites is 1. The maximum absolute atomic E-state index is 5.71. The first kappa shape index (κ1) is 18.9. The summed E-state index contributed by atoms with van der Waals surface area (Å²) in [5, 5.41) is 11.5. The highest BCUT2D eigenvalue weighted by Crippen LogP contribution is 2.30. The molecule has 0 saturated heterocycles. The normalized spacial score (nSPS) is 11.3. The third-order valence-electron chi connectivity index (χ3n) is 4.67. The zero-order chi connectivity index (χ0) is 20.4. The lowest BCUT2D eigenvalue weighted by Gasteiger charge is -2.21. The average molecular weight is 391 g/mol. The zero-order valence-corrected chi connectivity index (χ0v) is 17.1. The molecule has 0 spiro atoms. The fourth-order valence-corrected chi connectivity index (χ4v) is 3.06. The summed E-state index contributed by atoms with van der Waals surface area (Å²) in [5.74, 6) is 2.83. The first-order valence-electron chi connectivity index (χ1n) is 9.50. The Kier molecular flexibility index (Phi) is 5.18. The predicted molar refractivity (Wildman–Crippen MR) is 116 cm³/mol. The number of aromatic nitrogens is 4. The van der Waals surface area contributed by atoms with Crippen LogP contribution in [0.2, 0.25) is 0 Å². The van der Waals surface area contributed by atoms with Crippen LogP contribution in [-0.4, -0.2) is 59.3 Å². The van der Waals surface area contributed by atoms with E-state index in [0.717, 1.165) is 41.1 Å². The Hall–Kier alpha value is -3.39. The minimum Gasteiger partial charge on any atom is -0.464 e. The van der Waals surface area contributed by atoms with Crippen molar-refractivity contribution in [2.45, 2.75) is 6.92 Å². The highest BCUT2D eigenvalue weighted by atomic mass is 16.3. The Bertz CT molecular complexity index is 1120. The van der Waals surface area contributed by atoms with E-state index < -0.39 is 0 Å². The van der Waals surface area contributed by atoms with Crippen molar-refractivity contribution in [2.24, 2.45) is 0 Å². The lowest BCUT2D eigenvalue weighted by molar-refractivity contribution is 0.416. The van der Waals surface area contributed by atoms with Crippen molar-refractivity contribution in [1.29, 1.82) is 0 Å². The Morgan fingerprint density at radius 3 is 2.66 bits per heavy atom. The molecule has 4 rings (SSSR count). The van der Waals surface area contributed by atoms with Crippen LogP contribution in [0.3, 0.4) is 0 Å². The van der Waals surface area contributed by atoms with E-state index in [2.05, 4.69) is 39.4 Å². The minimum atomic E-state index is 0.606. The van der Waals surface area contributed by atoms with Gasteiger partial charge in [0.15, 0.2) is 11.6 Å². The number of anilines is 3. The van der Waals surface area contributed by atoms with Crippen molar-refractivity contribution in [3.8, 4) is 11.4 Å². The third kappa shape index (κ3) is 4.22. The Labute approximate surface area is 169 Å². The molecular weight excluding hydrogens is 366 g/mol. The molecule has 3 aromatic heterocycles. The van der Waals surface area contributed by atoms with E-state index in [1.807, 2.05) is 50.4 Å². The smallest absolute Gasteiger partial charge is 0.167 e. The average Bonchev–Trinajstić information content (AvgIpc) is 3.34.